The molecule has 1 aromatic carbocycles. The SMILES string of the molecule is CC1CN(C(=O)CCCCCCN)c2ccc(F)cc2O1.Cl. The van der Waals surface area contributed by atoms with E-state index in [9.17, 15) is 9.18 Å². The number of carbonyl (C=O) groups is 1. The first-order valence-corrected chi connectivity index (χ1v) is 7.58. The lowest BCUT2D eigenvalue weighted by molar-refractivity contribution is -0.119. The van der Waals surface area contributed by atoms with Gasteiger partial charge in [0.1, 0.15) is 17.7 Å². The monoisotopic (exact) mass is 330 g/mol. The molecular weight excluding hydrogens is 307 g/mol. The third-order valence-corrected chi connectivity index (χ3v) is 3.63. The van der Waals surface area contributed by atoms with E-state index in [4.69, 9.17) is 10.5 Å². The van der Waals surface area contributed by atoms with Crippen LogP contribution >= 0.6 is 12.4 Å². The largest absolute Gasteiger partial charge is 0.487 e. The molecule has 0 saturated carbocycles. The van der Waals surface area contributed by atoms with Crippen LogP contribution in [0.25, 0.3) is 0 Å². The van der Waals surface area contributed by atoms with Crippen LogP contribution < -0.4 is 15.4 Å². The zero-order chi connectivity index (χ0) is 15.2. The summed E-state index contributed by atoms with van der Waals surface area (Å²) in [5.74, 6) is 0.174. The van der Waals surface area contributed by atoms with Gasteiger partial charge in [-0.25, -0.2) is 4.39 Å². The summed E-state index contributed by atoms with van der Waals surface area (Å²) in [6.07, 6.45) is 4.32. The number of fused-ring (bicyclic) bond motifs is 1. The fourth-order valence-corrected chi connectivity index (χ4v) is 2.56. The second-order valence-electron chi connectivity index (χ2n) is 5.50. The summed E-state index contributed by atoms with van der Waals surface area (Å²) >= 11 is 0. The summed E-state index contributed by atoms with van der Waals surface area (Å²) in [5.41, 5.74) is 6.12. The van der Waals surface area contributed by atoms with E-state index < -0.39 is 0 Å². The topological polar surface area (TPSA) is 55.6 Å². The molecular formula is C16H24ClFN2O2. The molecule has 1 aliphatic rings. The first-order chi connectivity index (χ1) is 10.1. The molecule has 0 fully saturated rings. The Labute approximate surface area is 137 Å². The fourth-order valence-electron chi connectivity index (χ4n) is 2.56. The number of rotatable bonds is 6. The van der Waals surface area contributed by atoms with Crippen molar-refractivity contribution in [3.05, 3.63) is 24.0 Å². The van der Waals surface area contributed by atoms with E-state index in [1.54, 1.807) is 11.0 Å². The predicted octanol–water partition coefficient (Wildman–Crippen LogP) is 3.27. The van der Waals surface area contributed by atoms with Crippen molar-refractivity contribution < 1.29 is 13.9 Å². The van der Waals surface area contributed by atoms with Crippen LogP contribution in [0.2, 0.25) is 0 Å². The maximum absolute atomic E-state index is 13.3. The molecule has 1 heterocycles. The quantitative estimate of drug-likeness (QED) is 0.814. The molecule has 2 rings (SSSR count). The van der Waals surface area contributed by atoms with Crippen LogP contribution in [0.1, 0.15) is 39.0 Å². The summed E-state index contributed by atoms with van der Waals surface area (Å²) in [4.78, 5) is 14.1. The smallest absolute Gasteiger partial charge is 0.227 e. The van der Waals surface area contributed by atoms with Crippen LogP contribution in [0.3, 0.4) is 0 Å². The van der Waals surface area contributed by atoms with Crippen LogP contribution in [0.5, 0.6) is 5.75 Å². The van der Waals surface area contributed by atoms with Crippen LogP contribution in [0.15, 0.2) is 18.2 Å². The van der Waals surface area contributed by atoms with Gasteiger partial charge < -0.3 is 15.4 Å². The van der Waals surface area contributed by atoms with Gasteiger partial charge in [-0.15, -0.1) is 12.4 Å². The van der Waals surface area contributed by atoms with E-state index >= 15 is 0 Å². The molecule has 1 aliphatic heterocycles. The van der Waals surface area contributed by atoms with Gasteiger partial charge in [-0.2, -0.15) is 0 Å². The van der Waals surface area contributed by atoms with E-state index in [2.05, 4.69) is 0 Å². The Hall–Kier alpha value is -1.33. The van der Waals surface area contributed by atoms with Gasteiger partial charge >= 0.3 is 0 Å². The van der Waals surface area contributed by atoms with Crippen LogP contribution in [-0.4, -0.2) is 25.1 Å². The number of hydrogen-bond donors (Lipinski definition) is 1. The van der Waals surface area contributed by atoms with E-state index in [0.29, 0.717) is 30.9 Å². The van der Waals surface area contributed by atoms with Crippen molar-refractivity contribution in [2.75, 3.05) is 18.0 Å². The van der Waals surface area contributed by atoms with E-state index in [-0.39, 0.29) is 30.2 Å². The highest BCUT2D eigenvalue weighted by Gasteiger charge is 2.27. The Bertz CT molecular complexity index is 499. The molecule has 0 spiro atoms. The normalized spacial score (nSPS) is 16.5. The summed E-state index contributed by atoms with van der Waals surface area (Å²) in [7, 11) is 0. The van der Waals surface area contributed by atoms with Gasteiger partial charge in [0.25, 0.3) is 0 Å². The minimum absolute atomic E-state index is 0. The first kappa shape index (κ1) is 18.7. The summed E-state index contributed by atoms with van der Waals surface area (Å²) in [6.45, 7) is 3.10. The minimum atomic E-state index is -0.350. The molecule has 0 bridgehead atoms. The Morgan fingerprint density at radius 2 is 2.09 bits per heavy atom. The van der Waals surface area contributed by atoms with Crippen molar-refractivity contribution in [3.8, 4) is 5.75 Å². The Kier molecular flexibility index (Phi) is 7.62. The Morgan fingerprint density at radius 1 is 1.36 bits per heavy atom. The number of unbranched alkanes of at least 4 members (excludes halogenated alkanes) is 3. The number of carbonyl (C=O) groups excluding carboxylic acids is 1. The van der Waals surface area contributed by atoms with Crippen molar-refractivity contribution in [2.45, 2.75) is 45.1 Å². The molecule has 1 aromatic rings. The average Bonchev–Trinajstić information content (AvgIpc) is 2.45. The molecule has 4 nitrogen and oxygen atoms in total. The average molecular weight is 331 g/mol. The fraction of sp³-hybridized carbons (Fsp3) is 0.562. The lowest BCUT2D eigenvalue weighted by atomic mass is 10.1. The lowest BCUT2D eigenvalue weighted by Crippen LogP contribution is -2.42. The molecule has 1 amide bonds. The van der Waals surface area contributed by atoms with Gasteiger partial charge in [0.2, 0.25) is 5.91 Å². The van der Waals surface area contributed by atoms with Crippen LogP contribution in [-0.2, 0) is 4.79 Å². The molecule has 22 heavy (non-hydrogen) atoms. The van der Waals surface area contributed by atoms with Crippen molar-refractivity contribution in [1.82, 2.24) is 0 Å². The number of halogens is 2. The van der Waals surface area contributed by atoms with E-state index in [1.165, 1.54) is 12.1 Å². The summed E-state index contributed by atoms with van der Waals surface area (Å²) in [5, 5.41) is 0. The number of hydrogen-bond acceptors (Lipinski definition) is 3. The Balaban J connectivity index is 0.00000242. The molecule has 1 atom stereocenters. The molecule has 0 radical (unpaired) electrons. The highest BCUT2D eigenvalue weighted by Crippen LogP contribution is 2.34. The third kappa shape index (κ3) is 4.85. The van der Waals surface area contributed by atoms with Gasteiger partial charge in [-0.1, -0.05) is 12.8 Å². The van der Waals surface area contributed by atoms with Gasteiger partial charge in [0, 0.05) is 12.5 Å². The van der Waals surface area contributed by atoms with E-state index in [0.717, 1.165) is 25.7 Å². The number of anilines is 1. The number of ether oxygens (including phenoxy) is 1. The molecule has 6 heteroatoms. The second-order valence-corrected chi connectivity index (χ2v) is 5.50. The lowest BCUT2D eigenvalue weighted by Gasteiger charge is -2.33. The zero-order valence-electron chi connectivity index (χ0n) is 12.9. The molecule has 0 aliphatic carbocycles. The third-order valence-electron chi connectivity index (χ3n) is 3.63. The first-order valence-electron chi connectivity index (χ1n) is 7.58. The van der Waals surface area contributed by atoms with Crippen LogP contribution in [0.4, 0.5) is 10.1 Å². The van der Waals surface area contributed by atoms with Crippen molar-refractivity contribution in [2.24, 2.45) is 5.73 Å². The summed E-state index contributed by atoms with van der Waals surface area (Å²) in [6, 6.07) is 4.31. The van der Waals surface area contributed by atoms with E-state index in [1.807, 2.05) is 6.92 Å². The minimum Gasteiger partial charge on any atom is -0.487 e. The van der Waals surface area contributed by atoms with Gasteiger partial charge in [0.05, 0.1) is 12.2 Å². The van der Waals surface area contributed by atoms with Gasteiger partial charge in [0.15, 0.2) is 0 Å². The number of nitrogens with two attached hydrogens (primary N) is 1. The standard InChI is InChI=1S/C16H23FN2O2.ClH/c1-12-11-19(16(20)6-4-2-3-5-9-18)14-8-7-13(17)10-15(14)21-12;/h7-8,10,12H,2-6,9,11,18H2,1H3;1H. The molecule has 124 valence electrons. The predicted molar refractivity (Wildman–Crippen MR) is 88.2 cm³/mol. The van der Waals surface area contributed by atoms with Crippen molar-refractivity contribution in [3.63, 3.8) is 0 Å². The zero-order valence-corrected chi connectivity index (χ0v) is 13.7. The molecule has 1 unspecified atom stereocenters. The molecule has 0 aromatic heterocycles. The Morgan fingerprint density at radius 3 is 2.82 bits per heavy atom. The highest BCUT2D eigenvalue weighted by atomic mass is 35.5. The second kappa shape index (κ2) is 8.96. The highest BCUT2D eigenvalue weighted by molar-refractivity contribution is 5.95. The maximum Gasteiger partial charge on any atom is 0.227 e. The van der Waals surface area contributed by atoms with Crippen molar-refractivity contribution >= 4 is 24.0 Å². The number of benzene rings is 1. The number of nitrogens with zero attached hydrogens (tertiary/aromatic N) is 1. The maximum atomic E-state index is 13.3. The number of amides is 1. The molecule has 2 N–H and O–H groups in total. The van der Waals surface area contributed by atoms with Crippen molar-refractivity contribution in [1.29, 1.82) is 0 Å². The van der Waals surface area contributed by atoms with Gasteiger partial charge in [-0.05, 0) is 38.4 Å². The van der Waals surface area contributed by atoms with Gasteiger partial charge in [-0.3, -0.25) is 4.79 Å². The van der Waals surface area contributed by atoms with Crippen LogP contribution in [0, 0.1) is 5.82 Å². The molecule has 0 saturated heterocycles. The summed E-state index contributed by atoms with van der Waals surface area (Å²) < 4.78 is 18.9.